The molecule has 0 bridgehead atoms. The minimum Gasteiger partial charge on any atom is -0.378 e. The van der Waals surface area contributed by atoms with E-state index in [9.17, 15) is 14.0 Å². The van der Waals surface area contributed by atoms with Crippen molar-refractivity contribution in [1.82, 2.24) is 9.78 Å². The Bertz CT molecular complexity index is 1030. The molecule has 3 aromatic rings. The van der Waals surface area contributed by atoms with Gasteiger partial charge in [-0.3, -0.25) is 9.59 Å². The Labute approximate surface area is 162 Å². The standard InChI is InChI=1S/C21H21FN4O2/c1-14(21(28)23-17-8-10-18(11-9-17)25(2)3)26-20(27)13-12-19(24-26)15-4-6-16(22)7-5-15/h4-14H,1-3H3,(H,23,28). The largest absolute Gasteiger partial charge is 0.378 e. The predicted octanol–water partition coefficient (Wildman–Crippen LogP) is 3.32. The monoisotopic (exact) mass is 380 g/mol. The number of rotatable bonds is 5. The van der Waals surface area contributed by atoms with Crippen LogP contribution in [0.4, 0.5) is 15.8 Å². The summed E-state index contributed by atoms with van der Waals surface area (Å²) in [7, 11) is 3.86. The highest BCUT2D eigenvalue weighted by Gasteiger charge is 2.18. The summed E-state index contributed by atoms with van der Waals surface area (Å²) in [6.45, 7) is 1.60. The van der Waals surface area contributed by atoms with Gasteiger partial charge in [-0.05, 0) is 61.5 Å². The van der Waals surface area contributed by atoms with Crippen LogP contribution >= 0.6 is 0 Å². The molecular weight excluding hydrogens is 359 g/mol. The van der Waals surface area contributed by atoms with E-state index in [4.69, 9.17) is 0 Å². The number of nitrogens with zero attached hydrogens (tertiary/aromatic N) is 3. The second-order valence-corrected chi connectivity index (χ2v) is 6.61. The summed E-state index contributed by atoms with van der Waals surface area (Å²) in [6, 6.07) is 15.2. The molecule has 0 saturated heterocycles. The van der Waals surface area contributed by atoms with Crippen molar-refractivity contribution in [3.63, 3.8) is 0 Å². The van der Waals surface area contributed by atoms with Gasteiger partial charge in [-0.25, -0.2) is 9.07 Å². The number of amides is 1. The number of halogens is 1. The van der Waals surface area contributed by atoms with Crippen molar-refractivity contribution in [2.45, 2.75) is 13.0 Å². The third-order valence-corrected chi connectivity index (χ3v) is 4.36. The van der Waals surface area contributed by atoms with E-state index in [0.717, 1.165) is 10.4 Å². The van der Waals surface area contributed by atoms with Gasteiger partial charge in [-0.2, -0.15) is 5.10 Å². The third kappa shape index (κ3) is 4.25. The maximum Gasteiger partial charge on any atom is 0.267 e. The Morgan fingerprint density at radius 1 is 1.04 bits per heavy atom. The number of benzene rings is 2. The highest BCUT2D eigenvalue weighted by Crippen LogP contribution is 2.18. The minimum atomic E-state index is -0.818. The van der Waals surface area contributed by atoms with Crippen LogP contribution in [0.1, 0.15) is 13.0 Å². The molecule has 1 unspecified atom stereocenters. The zero-order chi connectivity index (χ0) is 20.3. The molecule has 0 aliphatic heterocycles. The Morgan fingerprint density at radius 3 is 2.29 bits per heavy atom. The maximum atomic E-state index is 13.1. The summed E-state index contributed by atoms with van der Waals surface area (Å²) >= 11 is 0. The van der Waals surface area contributed by atoms with Crippen LogP contribution in [-0.2, 0) is 4.79 Å². The van der Waals surface area contributed by atoms with E-state index in [1.807, 2.05) is 31.1 Å². The topological polar surface area (TPSA) is 67.2 Å². The van der Waals surface area contributed by atoms with Crippen LogP contribution in [0.3, 0.4) is 0 Å². The lowest BCUT2D eigenvalue weighted by atomic mass is 10.1. The molecule has 6 nitrogen and oxygen atoms in total. The first-order valence-electron chi connectivity index (χ1n) is 8.79. The van der Waals surface area contributed by atoms with Crippen molar-refractivity contribution in [2.24, 2.45) is 0 Å². The third-order valence-electron chi connectivity index (χ3n) is 4.36. The SMILES string of the molecule is CC(C(=O)Nc1ccc(N(C)C)cc1)n1nc(-c2ccc(F)cc2)ccc1=O. The van der Waals surface area contributed by atoms with Gasteiger partial charge in [0.25, 0.3) is 5.56 Å². The molecule has 1 atom stereocenters. The average molecular weight is 380 g/mol. The van der Waals surface area contributed by atoms with Crippen LogP contribution in [0.15, 0.2) is 65.5 Å². The van der Waals surface area contributed by atoms with E-state index in [0.29, 0.717) is 16.9 Å². The number of carbonyl (C=O) groups excluding carboxylic acids is 1. The van der Waals surface area contributed by atoms with Gasteiger partial charge < -0.3 is 10.2 Å². The van der Waals surface area contributed by atoms with E-state index >= 15 is 0 Å². The molecule has 2 aromatic carbocycles. The Balaban J connectivity index is 1.81. The number of hydrogen-bond donors (Lipinski definition) is 1. The van der Waals surface area contributed by atoms with E-state index < -0.39 is 11.6 Å². The van der Waals surface area contributed by atoms with Gasteiger partial charge in [0.2, 0.25) is 5.91 Å². The van der Waals surface area contributed by atoms with Gasteiger partial charge in [0.15, 0.2) is 0 Å². The highest BCUT2D eigenvalue weighted by molar-refractivity contribution is 5.93. The van der Waals surface area contributed by atoms with E-state index in [2.05, 4.69) is 10.4 Å². The van der Waals surface area contributed by atoms with E-state index in [1.165, 1.54) is 18.2 Å². The molecule has 1 N–H and O–H groups in total. The minimum absolute atomic E-state index is 0.356. The summed E-state index contributed by atoms with van der Waals surface area (Å²) in [4.78, 5) is 26.8. The molecule has 28 heavy (non-hydrogen) atoms. The summed E-state index contributed by atoms with van der Waals surface area (Å²) in [5.41, 5.74) is 2.38. The number of aromatic nitrogens is 2. The van der Waals surface area contributed by atoms with Crippen molar-refractivity contribution < 1.29 is 9.18 Å². The molecular formula is C21H21FN4O2. The number of hydrogen-bond acceptors (Lipinski definition) is 4. The van der Waals surface area contributed by atoms with Crippen molar-refractivity contribution in [2.75, 3.05) is 24.3 Å². The summed E-state index contributed by atoms with van der Waals surface area (Å²) in [6.07, 6.45) is 0. The lowest BCUT2D eigenvalue weighted by molar-refractivity contribution is -0.119. The molecule has 0 radical (unpaired) electrons. The Hall–Kier alpha value is -3.48. The fourth-order valence-electron chi connectivity index (χ4n) is 2.68. The number of anilines is 2. The molecule has 1 heterocycles. The van der Waals surface area contributed by atoms with Crippen LogP contribution in [0.25, 0.3) is 11.3 Å². The van der Waals surface area contributed by atoms with Crippen LogP contribution in [0.2, 0.25) is 0 Å². The molecule has 0 aliphatic carbocycles. The predicted molar refractivity (Wildman–Crippen MR) is 108 cm³/mol. The average Bonchev–Trinajstić information content (AvgIpc) is 2.69. The second-order valence-electron chi connectivity index (χ2n) is 6.61. The van der Waals surface area contributed by atoms with Gasteiger partial charge in [0.05, 0.1) is 5.69 Å². The number of carbonyl (C=O) groups is 1. The fraction of sp³-hybridized carbons (Fsp3) is 0.190. The molecule has 7 heteroatoms. The van der Waals surface area contributed by atoms with Crippen LogP contribution in [0, 0.1) is 5.82 Å². The molecule has 0 saturated carbocycles. The lowest BCUT2D eigenvalue weighted by Gasteiger charge is -2.16. The molecule has 144 valence electrons. The molecule has 1 aromatic heterocycles. The van der Waals surface area contributed by atoms with Gasteiger partial charge in [0, 0.05) is 37.1 Å². The normalized spacial score (nSPS) is 11.7. The Kier molecular flexibility index (Phi) is 5.54. The summed E-state index contributed by atoms with van der Waals surface area (Å²) in [5.74, 6) is -0.714. The first-order valence-corrected chi connectivity index (χ1v) is 8.79. The summed E-state index contributed by atoms with van der Waals surface area (Å²) in [5, 5.41) is 7.08. The molecule has 0 fully saturated rings. The summed E-state index contributed by atoms with van der Waals surface area (Å²) < 4.78 is 14.3. The second kappa shape index (κ2) is 8.04. The molecule has 0 aliphatic rings. The van der Waals surface area contributed by atoms with Crippen LogP contribution in [-0.4, -0.2) is 29.8 Å². The zero-order valence-corrected chi connectivity index (χ0v) is 15.9. The first kappa shape index (κ1) is 19.3. The molecule has 0 spiro atoms. The highest BCUT2D eigenvalue weighted by atomic mass is 19.1. The van der Waals surface area contributed by atoms with Crippen LogP contribution in [0.5, 0.6) is 0 Å². The maximum absolute atomic E-state index is 13.1. The zero-order valence-electron chi connectivity index (χ0n) is 15.9. The lowest BCUT2D eigenvalue weighted by Crippen LogP contribution is -2.33. The number of nitrogens with one attached hydrogen (secondary N) is 1. The first-order chi connectivity index (χ1) is 13.3. The Morgan fingerprint density at radius 2 is 1.68 bits per heavy atom. The molecule has 3 rings (SSSR count). The quantitative estimate of drug-likeness (QED) is 0.737. The van der Waals surface area contributed by atoms with Gasteiger partial charge >= 0.3 is 0 Å². The van der Waals surface area contributed by atoms with Crippen LogP contribution < -0.4 is 15.8 Å². The van der Waals surface area contributed by atoms with Crippen molar-refractivity contribution >= 4 is 17.3 Å². The van der Waals surface area contributed by atoms with Gasteiger partial charge in [-0.15, -0.1) is 0 Å². The van der Waals surface area contributed by atoms with Gasteiger partial charge in [-0.1, -0.05) is 0 Å². The smallest absolute Gasteiger partial charge is 0.267 e. The van der Waals surface area contributed by atoms with Crippen molar-refractivity contribution in [1.29, 1.82) is 0 Å². The fourth-order valence-corrected chi connectivity index (χ4v) is 2.68. The van der Waals surface area contributed by atoms with Crippen molar-refractivity contribution in [3.05, 3.63) is 76.8 Å². The van der Waals surface area contributed by atoms with Crippen molar-refractivity contribution in [3.8, 4) is 11.3 Å². The van der Waals surface area contributed by atoms with Gasteiger partial charge in [0.1, 0.15) is 11.9 Å². The molecule has 1 amide bonds. The van der Waals surface area contributed by atoms with E-state index in [-0.39, 0.29) is 11.7 Å². The van der Waals surface area contributed by atoms with E-state index in [1.54, 1.807) is 37.3 Å².